The summed E-state index contributed by atoms with van der Waals surface area (Å²) in [7, 11) is 0. The Kier molecular flexibility index (Phi) is 7.83. The number of hydrogen-bond donors (Lipinski definition) is 5. The van der Waals surface area contributed by atoms with Gasteiger partial charge in [0.05, 0.1) is 6.04 Å². The van der Waals surface area contributed by atoms with Crippen LogP contribution in [-0.2, 0) is 20.8 Å². The number of aliphatic carboxylic acids is 1. The van der Waals surface area contributed by atoms with E-state index in [0.717, 1.165) is 12.8 Å². The van der Waals surface area contributed by atoms with Gasteiger partial charge in [-0.2, -0.15) is 0 Å². The molecule has 1 heterocycles. The summed E-state index contributed by atoms with van der Waals surface area (Å²) in [6, 6.07) is 3.63. The molecule has 0 spiro atoms. The average molecular weight is 407 g/mol. The first-order valence-corrected chi connectivity index (χ1v) is 9.88. The van der Waals surface area contributed by atoms with Gasteiger partial charge in [0.2, 0.25) is 11.8 Å². The first-order valence-electron chi connectivity index (χ1n) is 10.3. The Morgan fingerprint density at radius 3 is 2.66 bits per heavy atom. The summed E-state index contributed by atoms with van der Waals surface area (Å²) in [5.41, 5.74) is 12.1. The Morgan fingerprint density at radius 2 is 2.00 bits per heavy atom. The minimum Gasteiger partial charge on any atom is -0.508 e. The lowest BCUT2D eigenvalue weighted by Gasteiger charge is -2.27. The number of aromatic hydroxyl groups is 1. The number of rotatable bonds is 10. The number of nitrogens with one attached hydrogen (secondary N) is 1. The predicted molar refractivity (Wildman–Crippen MR) is 107 cm³/mol. The largest absolute Gasteiger partial charge is 0.508 e. The summed E-state index contributed by atoms with van der Waals surface area (Å²) in [6.45, 7) is 0.956. The smallest absolute Gasteiger partial charge is 0.326 e. The van der Waals surface area contributed by atoms with Crippen LogP contribution in [0.25, 0.3) is 1.43 Å². The summed E-state index contributed by atoms with van der Waals surface area (Å²) in [4.78, 5) is 39.0. The SMILES string of the molecule is [2H]OC(=O)[C@H](Cc1ccc(O)cc1)NC(=O)[C@H]1CCCN1C(=O)[C@@H](N)CCCCN. The highest BCUT2D eigenvalue weighted by molar-refractivity contribution is 5.92. The number of nitrogens with two attached hydrogens (primary N) is 2. The van der Waals surface area contributed by atoms with E-state index in [0.29, 0.717) is 37.9 Å². The first-order chi connectivity index (χ1) is 14.4. The van der Waals surface area contributed by atoms with Crippen LogP contribution < -0.4 is 16.8 Å². The number of carbonyl (C=O) groups is 3. The van der Waals surface area contributed by atoms with Crippen LogP contribution in [0.15, 0.2) is 24.3 Å². The zero-order valence-electron chi connectivity index (χ0n) is 17.4. The Morgan fingerprint density at radius 1 is 1.28 bits per heavy atom. The molecule has 1 aliphatic heterocycles. The quantitative estimate of drug-likeness (QED) is 0.340. The molecule has 1 aromatic carbocycles. The molecule has 7 N–H and O–H groups in total. The number of carboxylic acid groups (broad SMARTS) is 1. The van der Waals surface area contributed by atoms with Gasteiger partial charge in [0.25, 0.3) is 1.43 Å². The maximum absolute atomic E-state index is 12.8. The minimum absolute atomic E-state index is 0.0744. The number of carboxylic acids is 1. The van der Waals surface area contributed by atoms with E-state index in [1.54, 1.807) is 12.1 Å². The van der Waals surface area contributed by atoms with Crippen LogP contribution in [0, 0.1) is 0 Å². The maximum atomic E-state index is 12.8. The van der Waals surface area contributed by atoms with Crippen molar-refractivity contribution in [3.05, 3.63) is 29.8 Å². The number of carbonyl (C=O) groups excluding carboxylic acids is 2. The van der Waals surface area contributed by atoms with Crippen molar-refractivity contribution in [2.75, 3.05) is 13.1 Å². The van der Waals surface area contributed by atoms with Crippen LogP contribution in [0.1, 0.15) is 37.7 Å². The second-order valence-corrected chi connectivity index (χ2v) is 7.33. The van der Waals surface area contributed by atoms with Crippen molar-refractivity contribution in [1.29, 1.82) is 1.43 Å². The number of phenolic OH excluding ortho intramolecular Hbond substituents is 1. The molecule has 29 heavy (non-hydrogen) atoms. The van der Waals surface area contributed by atoms with E-state index in [1.807, 2.05) is 0 Å². The molecule has 0 bridgehead atoms. The van der Waals surface area contributed by atoms with Crippen molar-refractivity contribution in [2.24, 2.45) is 11.5 Å². The predicted octanol–water partition coefficient (Wildman–Crippen LogP) is -0.0486. The fourth-order valence-corrected chi connectivity index (χ4v) is 3.48. The van der Waals surface area contributed by atoms with Gasteiger partial charge in [-0.05, 0) is 49.9 Å². The number of likely N-dealkylation sites (tertiary alicyclic amines) is 1. The van der Waals surface area contributed by atoms with Crippen molar-refractivity contribution in [3.63, 3.8) is 0 Å². The molecule has 2 amide bonds. The van der Waals surface area contributed by atoms with E-state index in [1.165, 1.54) is 17.0 Å². The summed E-state index contributed by atoms with van der Waals surface area (Å²) < 4.78 is 6.91. The van der Waals surface area contributed by atoms with Gasteiger partial charge < -0.3 is 31.9 Å². The summed E-state index contributed by atoms with van der Waals surface area (Å²) >= 11 is 0. The van der Waals surface area contributed by atoms with Crippen LogP contribution in [0.4, 0.5) is 0 Å². The molecule has 0 radical (unpaired) electrons. The standard InChI is InChI=1S/C20H30N4O5/c21-10-2-1-4-15(22)19(27)24-11-3-5-17(24)18(26)23-16(20(28)29)12-13-6-8-14(25)9-7-13/h6-9,15-17,25H,1-5,10-12,21-22H2,(H,23,26)(H,28,29)/t15-,16-,17+/m0/s1/i/hD. The van der Waals surface area contributed by atoms with Crippen LogP contribution in [0.3, 0.4) is 0 Å². The molecule has 9 heteroatoms. The van der Waals surface area contributed by atoms with Crippen molar-refractivity contribution in [3.8, 4) is 5.75 Å². The van der Waals surface area contributed by atoms with Gasteiger partial charge >= 0.3 is 5.97 Å². The number of amides is 2. The summed E-state index contributed by atoms with van der Waals surface area (Å²) in [5, 5.41) is 16.1. The van der Waals surface area contributed by atoms with E-state index < -0.39 is 30.0 Å². The molecule has 0 aromatic heterocycles. The fourth-order valence-electron chi connectivity index (χ4n) is 3.48. The number of benzene rings is 1. The second-order valence-electron chi connectivity index (χ2n) is 7.33. The second kappa shape index (κ2) is 10.8. The molecule has 1 fully saturated rings. The van der Waals surface area contributed by atoms with Crippen LogP contribution in [0.2, 0.25) is 0 Å². The van der Waals surface area contributed by atoms with Crippen LogP contribution >= 0.6 is 0 Å². The molecule has 160 valence electrons. The molecule has 1 aliphatic rings. The Labute approximate surface area is 171 Å². The third-order valence-electron chi connectivity index (χ3n) is 5.10. The fraction of sp³-hybridized carbons (Fsp3) is 0.550. The highest BCUT2D eigenvalue weighted by Gasteiger charge is 2.37. The number of phenols is 1. The minimum atomic E-state index is -1.09. The normalized spacial score (nSPS) is 18.6. The van der Waals surface area contributed by atoms with Crippen molar-refractivity contribution in [1.82, 2.24) is 10.2 Å². The third-order valence-corrected chi connectivity index (χ3v) is 5.10. The van der Waals surface area contributed by atoms with Crippen molar-refractivity contribution >= 4 is 17.8 Å². The van der Waals surface area contributed by atoms with Crippen molar-refractivity contribution in [2.45, 2.75) is 56.7 Å². The molecule has 0 aliphatic carbocycles. The third kappa shape index (κ3) is 6.43. The van der Waals surface area contributed by atoms with Gasteiger partial charge in [-0.25, -0.2) is 4.79 Å². The number of nitrogens with zero attached hydrogens (tertiary/aromatic N) is 1. The van der Waals surface area contributed by atoms with E-state index in [-0.39, 0.29) is 18.1 Å². The van der Waals surface area contributed by atoms with E-state index >= 15 is 0 Å². The molecule has 0 unspecified atom stereocenters. The molecular formula is C20H30N4O5. The molecule has 1 aromatic rings. The van der Waals surface area contributed by atoms with E-state index in [4.69, 9.17) is 12.9 Å². The Bertz CT molecular complexity index is 730. The van der Waals surface area contributed by atoms with Gasteiger partial charge in [-0.1, -0.05) is 18.6 Å². The number of unbranched alkanes of at least 4 members (excludes halogenated alkanes) is 1. The van der Waals surface area contributed by atoms with Gasteiger partial charge in [-0.3, -0.25) is 9.59 Å². The van der Waals surface area contributed by atoms with Gasteiger partial charge in [-0.15, -0.1) is 0 Å². The summed E-state index contributed by atoms with van der Waals surface area (Å²) in [6.07, 6.45) is 3.22. The zero-order valence-corrected chi connectivity index (χ0v) is 16.4. The lowest BCUT2D eigenvalue weighted by molar-refractivity contribution is -0.144. The van der Waals surface area contributed by atoms with E-state index in [2.05, 4.69) is 10.4 Å². The van der Waals surface area contributed by atoms with Crippen molar-refractivity contribution < 1.29 is 24.6 Å². The molecule has 3 atom stereocenters. The topological polar surface area (TPSA) is 159 Å². The van der Waals surface area contributed by atoms with Crippen LogP contribution in [0.5, 0.6) is 5.75 Å². The highest BCUT2D eigenvalue weighted by Crippen LogP contribution is 2.20. The lowest BCUT2D eigenvalue weighted by atomic mass is 10.0. The van der Waals surface area contributed by atoms with E-state index in [9.17, 15) is 19.5 Å². The van der Waals surface area contributed by atoms with Gasteiger partial charge in [0, 0.05) is 13.0 Å². The maximum Gasteiger partial charge on any atom is 0.326 e. The lowest BCUT2D eigenvalue weighted by Crippen LogP contribution is -2.54. The monoisotopic (exact) mass is 407 g/mol. The van der Waals surface area contributed by atoms with Gasteiger partial charge in [0.15, 0.2) is 0 Å². The molecule has 2 rings (SSSR count). The first kappa shape index (κ1) is 21.1. The molecule has 1 saturated heterocycles. The average Bonchev–Trinajstić information content (AvgIpc) is 3.23. The molecule has 9 nitrogen and oxygen atoms in total. The number of hydrogen-bond acceptors (Lipinski definition) is 7. The Hall–Kier alpha value is -2.65. The Balaban J connectivity index is 2.03. The summed E-state index contributed by atoms with van der Waals surface area (Å²) in [5.74, 6) is -1.61. The highest BCUT2D eigenvalue weighted by atomic mass is 16.4. The molecule has 0 saturated carbocycles. The van der Waals surface area contributed by atoms with Crippen LogP contribution in [-0.4, -0.2) is 64.1 Å². The zero-order chi connectivity index (χ0) is 22.1. The molecular weight excluding hydrogens is 376 g/mol. The van der Waals surface area contributed by atoms with Gasteiger partial charge in [0.1, 0.15) is 17.8 Å².